The Morgan fingerprint density at radius 2 is 2.19 bits per heavy atom. The van der Waals surface area contributed by atoms with Crippen molar-refractivity contribution in [2.75, 3.05) is 25.6 Å². The van der Waals surface area contributed by atoms with E-state index in [1.165, 1.54) is 11.3 Å². The molecule has 1 heterocycles. The Kier molecular flexibility index (Phi) is 6.60. The van der Waals surface area contributed by atoms with Crippen LogP contribution in [-0.2, 0) is 9.47 Å². The molecular formula is C14H24N2O4S. The fourth-order valence-corrected chi connectivity index (χ4v) is 2.55. The molecule has 1 unspecified atom stereocenters. The van der Waals surface area contributed by atoms with Crippen LogP contribution in [0.25, 0.3) is 0 Å². The van der Waals surface area contributed by atoms with Gasteiger partial charge in [-0.1, -0.05) is 0 Å². The molecule has 120 valence electrons. The fourth-order valence-electron chi connectivity index (χ4n) is 1.60. The lowest BCUT2D eigenvalue weighted by Crippen LogP contribution is -2.45. The zero-order valence-electron chi connectivity index (χ0n) is 13.1. The Morgan fingerprint density at radius 3 is 2.76 bits per heavy atom. The minimum atomic E-state index is -0.981. The third-order valence-electron chi connectivity index (χ3n) is 3.00. The maximum atomic E-state index is 11.9. The molecule has 1 atom stereocenters. The van der Waals surface area contributed by atoms with Crippen LogP contribution in [0.5, 0.6) is 0 Å². The summed E-state index contributed by atoms with van der Waals surface area (Å²) in [7, 11) is 1.61. The molecule has 7 heteroatoms. The minimum Gasteiger partial charge on any atom is -0.462 e. The number of ether oxygens (including phenoxy) is 2. The molecule has 0 fully saturated rings. The third-order valence-corrected chi connectivity index (χ3v) is 4.03. The van der Waals surface area contributed by atoms with Crippen molar-refractivity contribution < 1.29 is 19.4 Å². The van der Waals surface area contributed by atoms with Crippen molar-refractivity contribution in [3.05, 3.63) is 16.5 Å². The minimum absolute atomic E-state index is 0.316. The molecule has 0 saturated carbocycles. The summed E-state index contributed by atoms with van der Waals surface area (Å²) in [6, 6.07) is 0. The highest BCUT2D eigenvalue weighted by Gasteiger charge is 2.21. The Hall–Kier alpha value is -1.15. The van der Waals surface area contributed by atoms with Crippen molar-refractivity contribution in [2.45, 2.75) is 39.6 Å². The van der Waals surface area contributed by atoms with Gasteiger partial charge in [0, 0.05) is 13.7 Å². The standard InChI is InChI=1S/C14H24N2O4S/c1-6-20-12(17)10-9(2)7-21-11(10)16-13(18)15-8-14(3,4)19-5/h7,13,15-16,18H,6,8H2,1-5H3. The number of esters is 1. The summed E-state index contributed by atoms with van der Waals surface area (Å²) in [6.07, 6.45) is -0.981. The number of carbonyl (C=O) groups is 1. The maximum absolute atomic E-state index is 11.9. The number of anilines is 1. The first-order valence-electron chi connectivity index (χ1n) is 6.79. The molecule has 0 amide bonds. The van der Waals surface area contributed by atoms with Crippen LogP contribution in [0.1, 0.15) is 36.7 Å². The Balaban J connectivity index is 2.68. The van der Waals surface area contributed by atoms with E-state index in [0.717, 1.165) is 5.56 Å². The summed E-state index contributed by atoms with van der Waals surface area (Å²) in [6.45, 7) is 8.18. The quantitative estimate of drug-likeness (QED) is 0.502. The van der Waals surface area contributed by atoms with E-state index in [0.29, 0.717) is 23.7 Å². The van der Waals surface area contributed by atoms with E-state index in [1.807, 2.05) is 26.2 Å². The predicted octanol–water partition coefficient (Wildman–Crippen LogP) is 1.94. The van der Waals surface area contributed by atoms with Gasteiger partial charge in [-0.15, -0.1) is 11.3 Å². The van der Waals surface area contributed by atoms with Gasteiger partial charge in [-0.2, -0.15) is 0 Å². The highest BCUT2D eigenvalue weighted by atomic mass is 32.1. The van der Waals surface area contributed by atoms with Crippen molar-refractivity contribution in [3.8, 4) is 0 Å². The summed E-state index contributed by atoms with van der Waals surface area (Å²) in [5, 5.41) is 18.2. The maximum Gasteiger partial charge on any atom is 0.341 e. The molecule has 0 saturated heterocycles. The number of aliphatic hydroxyl groups is 1. The molecule has 0 aliphatic rings. The molecule has 0 radical (unpaired) electrons. The van der Waals surface area contributed by atoms with E-state index in [4.69, 9.17) is 9.47 Å². The number of hydrogen-bond acceptors (Lipinski definition) is 7. The molecule has 0 spiro atoms. The first kappa shape index (κ1) is 17.9. The van der Waals surface area contributed by atoms with Gasteiger partial charge in [0.2, 0.25) is 0 Å². The number of aliphatic hydroxyl groups excluding tert-OH is 1. The first-order chi connectivity index (χ1) is 9.80. The van der Waals surface area contributed by atoms with E-state index >= 15 is 0 Å². The number of aryl methyl sites for hydroxylation is 1. The molecule has 6 nitrogen and oxygen atoms in total. The van der Waals surface area contributed by atoms with Crippen molar-refractivity contribution >= 4 is 22.3 Å². The molecule has 3 N–H and O–H groups in total. The molecule has 21 heavy (non-hydrogen) atoms. The normalized spacial score (nSPS) is 13.0. The van der Waals surface area contributed by atoms with Crippen LogP contribution in [0.3, 0.4) is 0 Å². The lowest BCUT2D eigenvalue weighted by molar-refractivity contribution is 0.0110. The predicted molar refractivity (Wildman–Crippen MR) is 83.7 cm³/mol. The average Bonchev–Trinajstić information content (AvgIpc) is 2.78. The van der Waals surface area contributed by atoms with Crippen LogP contribution in [-0.4, -0.2) is 43.3 Å². The Morgan fingerprint density at radius 1 is 1.52 bits per heavy atom. The van der Waals surface area contributed by atoms with Gasteiger partial charge in [0.25, 0.3) is 0 Å². The van der Waals surface area contributed by atoms with E-state index < -0.39 is 12.0 Å². The zero-order valence-corrected chi connectivity index (χ0v) is 14.0. The largest absolute Gasteiger partial charge is 0.462 e. The summed E-state index contributed by atoms with van der Waals surface area (Å²) < 4.78 is 10.3. The molecule has 1 rings (SSSR count). The third kappa shape index (κ3) is 5.28. The summed E-state index contributed by atoms with van der Waals surface area (Å²) in [5.41, 5.74) is 0.900. The average molecular weight is 316 g/mol. The smallest absolute Gasteiger partial charge is 0.341 e. The second-order valence-electron chi connectivity index (χ2n) is 5.23. The lowest BCUT2D eigenvalue weighted by atomic mass is 10.1. The van der Waals surface area contributed by atoms with Gasteiger partial charge in [0.1, 0.15) is 5.00 Å². The van der Waals surface area contributed by atoms with Crippen LogP contribution < -0.4 is 10.6 Å². The number of methoxy groups -OCH3 is 1. The number of rotatable bonds is 8. The second kappa shape index (κ2) is 7.74. The molecular weight excluding hydrogens is 292 g/mol. The first-order valence-corrected chi connectivity index (χ1v) is 7.67. The summed E-state index contributed by atoms with van der Waals surface area (Å²) in [5.74, 6) is -0.386. The zero-order chi connectivity index (χ0) is 16.0. The van der Waals surface area contributed by atoms with Gasteiger partial charge in [-0.3, -0.25) is 5.32 Å². The van der Waals surface area contributed by atoms with Crippen LogP contribution in [0, 0.1) is 6.92 Å². The molecule has 0 aliphatic heterocycles. The van der Waals surface area contributed by atoms with Gasteiger partial charge >= 0.3 is 5.97 Å². The van der Waals surface area contributed by atoms with Crippen molar-refractivity contribution in [1.82, 2.24) is 5.32 Å². The van der Waals surface area contributed by atoms with E-state index in [9.17, 15) is 9.90 Å². The SMILES string of the molecule is CCOC(=O)c1c(C)csc1NC(O)NCC(C)(C)OC. The second-order valence-corrected chi connectivity index (χ2v) is 6.11. The van der Waals surface area contributed by atoms with Crippen LogP contribution in [0.15, 0.2) is 5.38 Å². The van der Waals surface area contributed by atoms with Gasteiger partial charge in [-0.25, -0.2) is 4.79 Å². The van der Waals surface area contributed by atoms with Gasteiger partial charge in [-0.05, 0) is 38.6 Å². The number of hydrogen-bond donors (Lipinski definition) is 3. The molecule has 1 aromatic rings. The number of thiophene rings is 1. The van der Waals surface area contributed by atoms with E-state index in [1.54, 1.807) is 14.0 Å². The Bertz CT molecular complexity index is 474. The van der Waals surface area contributed by atoms with Crippen LogP contribution in [0.4, 0.5) is 5.00 Å². The molecule has 1 aromatic heterocycles. The van der Waals surface area contributed by atoms with Gasteiger partial charge < -0.3 is 19.9 Å². The molecule has 0 aliphatic carbocycles. The number of carbonyl (C=O) groups excluding carboxylic acids is 1. The van der Waals surface area contributed by atoms with Crippen molar-refractivity contribution in [1.29, 1.82) is 0 Å². The monoisotopic (exact) mass is 316 g/mol. The van der Waals surface area contributed by atoms with Crippen LogP contribution >= 0.6 is 11.3 Å². The van der Waals surface area contributed by atoms with Gasteiger partial charge in [0.15, 0.2) is 6.35 Å². The van der Waals surface area contributed by atoms with Crippen molar-refractivity contribution in [3.63, 3.8) is 0 Å². The molecule has 0 aromatic carbocycles. The number of nitrogens with one attached hydrogen (secondary N) is 2. The topological polar surface area (TPSA) is 79.8 Å². The molecule has 0 bridgehead atoms. The summed E-state index contributed by atoms with van der Waals surface area (Å²) in [4.78, 5) is 11.9. The van der Waals surface area contributed by atoms with E-state index in [-0.39, 0.29) is 5.97 Å². The lowest BCUT2D eigenvalue weighted by Gasteiger charge is -2.25. The Labute approximate surface area is 129 Å². The fraction of sp³-hybridized carbons (Fsp3) is 0.643. The van der Waals surface area contributed by atoms with Gasteiger partial charge in [0.05, 0.1) is 17.8 Å². The van der Waals surface area contributed by atoms with Crippen LogP contribution in [0.2, 0.25) is 0 Å². The van der Waals surface area contributed by atoms with Crippen molar-refractivity contribution in [2.24, 2.45) is 0 Å². The van der Waals surface area contributed by atoms with E-state index in [2.05, 4.69) is 10.6 Å². The highest BCUT2D eigenvalue weighted by molar-refractivity contribution is 7.14. The highest BCUT2D eigenvalue weighted by Crippen LogP contribution is 2.28. The summed E-state index contributed by atoms with van der Waals surface area (Å²) >= 11 is 1.35.